The standard InChI is InChI=1S/C14H13N5O4/c1-8-3-9(2)17-14(16-8)18-15-6-10-4-12-13(23-7-22-12)5-11(10)19(20)21/h3-6H,7H2,1-2H3,(H,16,17,18)/b15-6+. The van der Waals surface area contributed by atoms with Crippen LogP contribution in [0, 0.1) is 24.0 Å². The Morgan fingerprint density at radius 1 is 1.22 bits per heavy atom. The number of ether oxygens (including phenoxy) is 2. The van der Waals surface area contributed by atoms with E-state index in [4.69, 9.17) is 9.47 Å². The van der Waals surface area contributed by atoms with Crippen LogP contribution in [0.5, 0.6) is 11.5 Å². The van der Waals surface area contributed by atoms with Gasteiger partial charge in [0.05, 0.1) is 22.8 Å². The van der Waals surface area contributed by atoms with Crippen LogP contribution in [0.1, 0.15) is 17.0 Å². The number of nitrogens with one attached hydrogen (secondary N) is 1. The van der Waals surface area contributed by atoms with Gasteiger partial charge in [0.2, 0.25) is 12.7 Å². The Morgan fingerprint density at radius 2 is 1.87 bits per heavy atom. The van der Waals surface area contributed by atoms with Crippen LogP contribution in [0.25, 0.3) is 0 Å². The Bertz CT molecular complexity index is 786. The molecule has 2 heterocycles. The van der Waals surface area contributed by atoms with Gasteiger partial charge in [0.1, 0.15) is 0 Å². The lowest BCUT2D eigenvalue weighted by atomic mass is 10.1. The summed E-state index contributed by atoms with van der Waals surface area (Å²) < 4.78 is 10.4. The van der Waals surface area contributed by atoms with E-state index in [1.165, 1.54) is 18.3 Å². The Balaban J connectivity index is 1.85. The first-order chi connectivity index (χ1) is 11.0. The summed E-state index contributed by atoms with van der Waals surface area (Å²) in [5, 5.41) is 15.1. The number of hydrazone groups is 1. The third-order valence-electron chi connectivity index (χ3n) is 3.07. The Kier molecular flexibility index (Phi) is 3.75. The molecule has 0 bridgehead atoms. The second-order valence-electron chi connectivity index (χ2n) is 4.87. The molecule has 1 aromatic carbocycles. The van der Waals surface area contributed by atoms with Gasteiger partial charge in [-0.1, -0.05) is 0 Å². The van der Waals surface area contributed by atoms with Crippen LogP contribution in [-0.4, -0.2) is 27.9 Å². The van der Waals surface area contributed by atoms with E-state index in [1.807, 2.05) is 19.9 Å². The molecule has 0 spiro atoms. The van der Waals surface area contributed by atoms with Crippen molar-refractivity contribution in [2.75, 3.05) is 12.2 Å². The molecule has 2 aromatic rings. The minimum Gasteiger partial charge on any atom is -0.454 e. The molecule has 0 amide bonds. The van der Waals surface area contributed by atoms with Crippen LogP contribution in [0.2, 0.25) is 0 Å². The molecule has 0 unspecified atom stereocenters. The van der Waals surface area contributed by atoms with Crippen molar-refractivity contribution >= 4 is 17.9 Å². The number of hydrogen-bond acceptors (Lipinski definition) is 8. The number of benzene rings is 1. The predicted molar refractivity (Wildman–Crippen MR) is 81.9 cm³/mol. The topological polar surface area (TPSA) is 112 Å². The summed E-state index contributed by atoms with van der Waals surface area (Å²) in [7, 11) is 0. The molecule has 0 atom stereocenters. The van der Waals surface area contributed by atoms with E-state index >= 15 is 0 Å². The Morgan fingerprint density at radius 3 is 2.52 bits per heavy atom. The molecule has 3 rings (SSSR count). The maximum Gasteiger partial charge on any atom is 0.282 e. The molecule has 0 saturated carbocycles. The van der Waals surface area contributed by atoms with E-state index in [-0.39, 0.29) is 18.0 Å². The van der Waals surface area contributed by atoms with Crippen molar-refractivity contribution in [1.82, 2.24) is 9.97 Å². The van der Waals surface area contributed by atoms with Crippen molar-refractivity contribution in [3.05, 3.63) is 45.3 Å². The molecule has 9 heteroatoms. The Labute approximate surface area is 131 Å². The molecule has 1 aromatic heterocycles. The van der Waals surface area contributed by atoms with Crippen molar-refractivity contribution < 1.29 is 14.4 Å². The van der Waals surface area contributed by atoms with Crippen molar-refractivity contribution in [3.63, 3.8) is 0 Å². The van der Waals surface area contributed by atoms with Crippen molar-refractivity contribution in [1.29, 1.82) is 0 Å². The molecule has 1 aliphatic heterocycles. The zero-order valence-corrected chi connectivity index (χ0v) is 12.4. The molecule has 0 radical (unpaired) electrons. The summed E-state index contributed by atoms with van der Waals surface area (Å²) in [5.74, 6) is 1.11. The number of aromatic nitrogens is 2. The molecule has 1 N–H and O–H groups in total. The maximum atomic E-state index is 11.1. The van der Waals surface area contributed by atoms with E-state index in [1.54, 1.807) is 0 Å². The average Bonchev–Trinajstić information content (AvgIpc) is 2.92. The normalized spacial score (nSPS) is 12.6. The fourth-order valence-electron chi connectivity index (χ4n) is 2.14. The largest absolute Gasteiger partial charge is 0.454 e. The van der Waals surface area contributed by atoms with Gasteiger partial charge in [-0.25, -0.2) is 15.4 Å². The van der Waals surface area contributed by atoms with Gasteiger partial charge >= 0.3 is 0 Å². The molecular formula is C14H13N5O4. The van der Waals surface area contributed by atoms with Crippen LogP contribution >= 0.6 is 0 Å². The lowest BCUT2D eigenvalue weighted by molar-refractivity contribution is -0.385. The first-order valence-corrected chi connectivity index (χ1v) is 6.72. The summed E-state index contributed by atoms with van der Waals surface area (Å²) in [4.78, 5) is 19.0. The first kappa shape index (κ1) is 14.7. The number of anilines is 1. The summed E-state index contributed by atoms with van der Waals surface area (Å²) in [6.45, 7) is 3.72. The summed E-state index contributed by atoms with van der Waals surface area (Å²) in [6.07, 6.45) is 1.32. The van der Waals surface area contributed by atoms with E-state index < -0.39 is 4.92 Å². The van der Waals surface area contributed by atoms with Gasteiger partial charge in [0, 0.05) is 11.4 Å². The van der Waals surface area contributed by atoms with E-state index in [0.29, 0.717) is 17.4 Å². The third kappa shape index (κ3) is 3.18. The summed E-state index contributed by atoms with van der Waals surface area (Å²) >= 11 is 0. The van der Waals surface area contributed by atoms with Crippen LogP contribution in [0.15, 0.2) is 23.3 Å². The fraction of sp³-hybridized carbons (Fsp3) is 0.214. The van der Waals surface area contributed by atoms with Crippen LogP contribution < -0.4 is 14.9 Å². The zero-order valence-electron chi connectivity index (χ0n) is 12.4. The number of nitro benzene ring substituents is 1. The fourth-order valence-corrected chi connectivity index (χ4v) is 2.14. The van der Waals surface area contributed by atoms with Gasteiger partial charge < -0.3 is 9.47 Å². The quantitative estimate of drug-likeness (QED) is 0.522. The van der Waals surface area contributed by atoms with Crippen molar-refractivity contribution in [2.24, 2.45) is 5.10 Å². The highest BCUT2D eigenvalue weighted by Crippen LogP contribution is 2.37. The predicted octanol–water partition coefficient (Wildman–Crippen LogP) is 2.18. The monoisotopic (exact) mass is 315 g/mol. The molecule has 23 heavy (non-hydrogen) atoms. The number of rotatable bonds is 4. The smallest absolute Gasteiger partial charge is 0.282 e. The minimum atomic E-state index is -0.503. The van der Waals surface area contributed by atoms with Gasteiger partial charge in [0.25, 0.3) is 5.69 Å². The van der Waals surface area contributed by atoms with E-state index in [9.17, 15) is 10.1 Å². The lowest BCUT2D eigenvalue weighted by Gasteiger charge is -2.02. The number of nitro groups is 1. The summed E-state index contributed by atoms with van der Waals surface area (Å²) in [6, 6.07) is 4.66. The first-order valence-electron chi connectivity index (χ1n) is 6.72. The van der Waals surface area contributed by atoms with Crippen molar-refractivity contribution in [3.8, 4) is 11.5 Å². The number of hydrogen-bond donors (Lipinski definition) is 1. The highest BCUT2D eigenvalue weighted by atomic mass is 16.7. The van der Waals surface area contributed by atoms with Crippen molar-refractivity contribution in [2.45, 2.75) is 13.8 Å². The lowest BCUT2D eigenvalue weighted by Crippen LogP contribution is -2.01. The minimum absolute atomic E-state index is 0.0434. The SMILES string of the molecule is Cc1cc(C)nc(N/N=C/c2cc3c(cc2[N+](=O)[O-])OCO3)n1. The van der Waals surface area contributed by atoms with Gasteiger partial charge in [0.15, 0.2) is 11.5 Å². The van der Waals surface area contributed by atoms with Gasteiger partial charge in [-0.15, -0.1) is 0 Å². The van der Waals surface area contributed by atoms with Gasteiger partial charge in [-0.3, -0.25) is 10.1 Å². The highest BCUT2D eigenvalue weighted by Gasteiger charge is 2.22. The molecule has 1 aliphatic rings. The number of aryl methyl sites for hydroxylation is 2. The highest BCUT2D eigenvalue weighted by molar-refractivity contribution is 5.87. The molecule has 9 nitrogen and oxygen atoms in total. The number of nitrogens with zero attached hydrogens (tertiary/aromatic N) is 4. The van der Waals surface area contributed by atoms with Crippen LogP contribution in [0.3, 0.4) is 0 Å². The molecular weight excluding hydrogens is 302 g/mol. The van der Waals surface area contributed by atoms with Gasteiger partial charge in [-0.05, 0) is 26.0 Å². The molecule has 0 fully saturated rings. The maximum absolute atomic E-state index is 11.1. The second-order valence-corrected chi connectivity index (χ2v) is 4.87. The van der Waals surface area contributed by atoms with Gasteiger partial charge in [-0.2, -0.15) is 5.10 Å². The zero-order chi connectivity index (χ0) is 16.4. The number of fused-ring (bicyclic) bond motifs is 1. The Hall–Kier alpha value is -3.23. The molecule has 0 saturated heterocycles. The summed E-state index contributed by atoms with van der Waals surface area (Å²) in [5.41, 5.74) is 4.42. The molecule has 0 aliphatic carbocycles. The second kappa shape index (κ2) is 5.87. The van der Waals surface area contributed by atoms with E-state index in [2.05, 4.69) is 20.5 Å². The average molecular weight is 315 g/mol. The van der Waals surface area contributed by atoms with Crippen LogP contribution in [0.4, 0.5) is 11.6 Å². The molecule has 118 valence electrons. The van der Waals surface area contributed by atoms with Crippen LogP contribution in [-0.2, 0) is 0 Å². The van der Waals surface area contributed by atoms with E-state index in [0.717, 1.165) is 11.4 Å². The third-order valence-corrected chi connectivity index (χ3v) is 3.07.